The second-order valence-electron chi connectivity index (χ2n) is 4.22. The van der Waals surface area contributed by atoms with Crippen LogP contribution in [-0.4, -0.2) is 24.6 Å². The molecule has 2 aromatic rings. The lowest BCUT2D eigenvalue weighted by atomic mass is 10.3. The molecule has 0 unspecified atom stereocenters. The van der Waals surface area contributed by atoms with Crippen molar-refractivity contribution in [3.63, 3.8) is 0 Å². The molecule has 1 aromatic carbocycles. The fraction of sp³-hybridized carbons (Fsp3) is 0.214. The Hall–Kier alpha value is -1.81. The van der Waals surface area contributed by atoms with E-state index >= 15 is 0 Å². The van der Waals surface area contributed by atoms with Gasteiger partial charge < -0.3 is 0 Å². The van der Waals surface area contributed by atoms with E-state index in [0.29, 0.717) is 0 Å². The molecular weight excluding hydrogens is 242 g/mol. The number of anilines is 1. The average Bonchev–Trinajstić information content (AvgIpc) is 2.88. The third kappa shape index (κ3) is 3.60. The van der Waals surface area contributed by atoms with Crippen LogP contribution in [0.4, 0.5) is 5.69 Å². The Morgan fingerprint density at radius 3 is 2.56 bits per heavy atom. The summed E-state index contributed by atoms with van der Waals surface area (Å²) < 4.78 is 2.04. The predicted molar refractivity (Wildman–Crippen MR) is 78.3 cm³/mol. The third-order valence-electron chi connectivity index (χ3n) is 2.52. The van der Waals surface area contributed by atoms with E-state index in [0.717, 1.165) is 18.2 Å². The minimum atomic E-state index is 0.830. The highest BCUT2D eigenvalue weighted by Crippen LogP contribution is 2.06. The van der Waals surface area contributed by atoms with E-state index in [1.807, 2.05) is 36.9 Å². The van der Waals surface area contributed by atoms with E-state index in [9.17, 15) is 0 Å². The summed E-state index contributed by atoms with van der Waals surface area (Å²) in [5.41, 5.74) is 2.38. The quantitative estimate of drug-likeness (QED) is 0.504. The SMILES string of the molecule is C[N+](C)=C(NCc1ccsc1)Nc1ccccc1. The molecule has 0 bridgehead atoms. The summed E-state index contributed by atoms with van der Waals surface area (Å²) >= 11 is 1.72. The molecule has 2 N–H and O–H groups in total. The highest BCUT2D eigenvalue weighted by molar-refractivity contribution is 7.07. The van der Waals surface area contributed by atoms with Crippen LogP contribution in [0.25, 0.3) is 0 Å². The maximum Gasteiger partial charge on any atom is 0.350 e. The molecular formula is C14H18N3S+. The fourth-order valence-electron chi connectivity index (χ4n) is 1.55. The minimum Gasteiger partial charge on any atom is -0.273 e. The van der Waals surface area contributed by atoms with Gasteiger partial charge in [-0.15, -0.1) is 0 Å². The number of hydrogen-bond acceptors (Lipinski definition) is 1. The molecule has 0 amide bonds. The van der Waals surface area contributed by atoms with E-state index in [2.05, 4.69) is 39.6 Å². The first kappa shape index (κ1) is 12.6. The maximum absolute atomic E-state index is 3.41. The molecule has 0 aliphatic rings. The number of guanidine groups is 1. The van der Waals surface area contributed by atoms with Crippen LogP contribution < -0.4 is 10.6 Å². The summed E-state index contributed by atoms with van der Waals surface area (Å²) in [5, 5.41) is 11.0. The van der Waals surface area contributed by atoms with Crippen molar-refractivity contribution in [1.29, 1.82) is 0 Å². The van der Waals surface area contributed by atoms with Crippen LogP contribution in [0.2, 0.25) is 0 Å². The topological polar surface area (TPSA) is 27.1 Å². The van der Waals surface area contributed by atoms with Crippen LogP contribution in [0.3, 0.4) is 0 Å². The van der Waals surface area contributed by atoms with Gasteiger partial charge in [0, 0.05) is 0 Å². The lowest BCUT2D eigenvalue weighted by Gasteiger charge is -2.07. The zero-order valence-corrected chi connectivity index (χ0v) is 11.5. The first-order chi connectivity index (χ1) is 8.75. The van der Waals surface area contributed by atoms with E-state index in [-0.39, 0.29) is 0 Å². The maximum atomic E-state index is 3.41. The summed E-state index contributed by atoms with van der Waals surface area (Å²) in [4.78, 5) is 0. The van der Waals surface area contributed by atoms with Gasteiger partial charge >= 0.3 is 5.96 Å². The van der Waals surface area contributed by atoms with Gasteiger partial charge in [0.2, 0.25) is 0 Å². The lowest BCUT2D eigenvalue weighted by molar-refractivity contribution is -0.466. The normalized spacial score (nSPS) is 9.89. The van der Waals surface area contributed by atoms with Crippen molar-refractivity contribution in [2.45, 2.75) is 6.54 Å². The van der Waals surface area contributed by atoms with Gasteiger partial charge in [-0.1, -0.05) is 18.2 Å². The number of rotatable bonds is 3. The van der Waals surface area contributed by atoms with Crippen molar-refractivity contribution in [3.8, 4) is 0 Å². The second kappa shape index (κ2) is 6.21. The van der Waals surface area contributed by atoms with Gasteiger partial charge in [-0.25, -0.2) is 5.32 Å². The summed E-state index contributed by atoms with van der Waals surface area (Å²) in [7, 11) is 4.04. The van der Waals surface area contributed by atoms with Crippen LogP contribution in [0, 0.1) is 0 Å². The number of nitrogens with zero attached hydrogens (tertiary/aromatic N) is 1. The third-order valence-corrected chi connectivity index (χ3v) is 3.26. The number of hydrogen-bond donors (Lipinski definition) is 2. The highest BCUT2D eigenvalue weighted by Gasteiger charge is 2.08. The van der Waals surface area contributed by atoms with Crippen molar-refractivity contribution in [2.75, 3.05) is 19.4 Å². The summed E-state index contributed by atoms with van der Waals surface area (Å²) in [6.45, 7) is 0.830. The van der Waals surface area contributed by atoms with Crippen LogP contribution in [-0.2, 0) is 6.54 Å². The summed E-state index contributed by atoms with van der Waals surface area (Å²) in [6.07, 6.45) is 0. The Balaban J connectivity index is 2.00. The Morgan fingerprint density at radius 2 is 1.94 bits per heavy atom. The lowest BCUT2D eigenvalue weighted by Crippen LogP contribution is -2.36. The molecule has 0 atom stereocenters. The van der Waals surface area contributed by atoms with Crippen molar-refractivity contribution in [2.24, 2.45) is 0 Å². The largest absolute Gasteiger partial charge is 0.350 e. The van der Waals surface area contributed by atoms with E-state index in [1.165, 1.54) is 5.56 Å². The van der Waals surface area contributed by atoms with Crippen LogP contribution in [0.1, 0.15) is 5.56 Å². The second-order valence-corrected chi connectivity index (χ2v) is 5.00. The van der Waals surface area contributed by atoms with Gasteiger partial charge in [0.05, 0.1) is 26.3 Å². The molecule has 1 heterocycles. The monoisotopic (exact) mass is 260 g/mol. The first-order valence-corrected chi connectivity index (χ1v) is 6.81. The van der Waals surface area contributed by atoms with Gasteiger partial charge in [0.1, 0.15) is 0 Å². The standard InChI is InChI=1S/C14H17N3S/c1-17(2)14(15-10-12-8-9-18-11-12)16-13-6-4-3-5-7-13/h3-9,11H,10H2,1-2H3,(H,15,16)/p+1. The molecule has 1 aromatic heterocycles. The molecule has 0 spiro atoms. The molecule has 0 saturated heterocycles. The number of nitrogens with one attached hydrogen (secondary N) is 2. The summed E-state index contributed by atoms with van der Waals surface area (Å²) in [6, 6.07) is 12.3. The average molecular weight is 260 g/mol. The molecule has 2 rings (SSSR count). The van der Waals surface area contributed by atoms with Crippen molar-refractivity contribution >= 4 is 23.0 Å². The molecule has 0 aliphatic heterocycles. The van der Waals surface area contributed by atoms with E-state index in [1.54, 1.807) is 11.3 Å². The molecule has 0 radical (unpaired) electrons. The fourth-order valence-corrected chi connectivity index (χ4v) is 2.22. The molecule has 18 heavy (non-hydrogen) atoms. The van der Waals surface area contributed by atoms with Gasteiger partial charge in [-0.05, 0) is 34.5 Å². The van der Waals surface area contributed by atoms with Crippen molar-refractivity contribution in [3.05, 3.63) is 52.7 Å². The Labute approximate surface area is 112 Å². The molecule has 3 nitrogen and oxygen atoms in total. The molecule has 4 heteroatoms. The highest BCUT2D eigenvalue weighted by atomic mass is 32.1. The zero-order valence-electron chi connectivity index (χ0n) is 10.7. The van der Waals surface area contributed by atoms with Crippen LogP contribution in [0.15, 0.2) is 47.2 Å². The summed E-state index contributed by atoms with van der Waals surface area (Å²) in [5.74, 6) is 0.993. The van der Waals surface area contributed by atoms with Gasteiger partial charge in [-0.3, -0.25) is 9.89 Å². The Kier molecular flexibility index (Phi) is 4.36. The van der Waals surface area contributed by atoms with Gasteiger partial charge in [-0.2, -0.15) is 11.3 Å². The van der Waals surface area contributed by atoms with E-state index in [4.69, 9.17) is 0 Å². The van der Waals surface area contributed by atoms with Crippen molar-refractivity contribution in [1.82, 2.24) is 5.32 Å². The molecule has 0 saturated carbocycles. The number of thiophene rings is 1. The number of para-hydroxylation sites is 1. The minimum absolute atomic E-state index is 0.830. The van der Waals surface area contributed by atoms with Crippen LogP contribution >= 0.6 is 11.3 Å². The zero-order chi connectivity index (χ0) is 12.8. The molecule has 94 valence electrons. The number of benzene rings is 1. The smallest absolute Gasteiger partial charge is 0.273 e. The van der Waals surface area contributed by atoms with Crippen LogP contribution in [0.5, 0.6) is 0 Å². The Bertz CT molecular complexity index is 499. The first-order valence-electron chi connectivity index (χ1n) is 5.87. The molecule has 0 aliphatic carbocycles. The Morgan fingerprint density at radius 1 is 1.17 bits per heavy atom. The van der Waals surface area contributed by atoms with Gasteiger partial charge in [0.25, 0.3) is 0 Å². The van der Waals surface area contributed by atoms with Crippen molar-refractivity contribution < 1.29 is 4.58 Å². The van der Waals surface area contributed by atoms with Gasteiger partial charge in [0.15, 0.2) is 0 Å². The predicted octanol–water partition coefficient (Wildman–Crippen LogP) is 2.58. The van der Waals surface area contributed by atoms with E-state index < -0.39 is 0 Å². The molecule has 0 fully saturated rings.